The number of carbonyl (C=O) groups excluding carboxylic acids is 1. The average Bonchev–Trinajstić information content (AvgIpc) is 2.94. The molecule has 2 rings (SSSR count). The zero-order valence-electron chi connectivity index (χ0n) is 15.8. The van der Waals surface area contributed by atoms with E-state index in [2.05, 4.69) is 5.10 Å². The third-order valence-corrected chi connectivity index (χ3v) is 4.77. The molecule has 0 aliphatic heterocycles. The Hall–Kier alpha value is -2.14. The third-order valence-electron chi connectivity index (χ3n) is 3.78. The number of hydrogen-bond acceptors (Lipinski definition) is 6. The van der Waals surface area contributed by atoms with Gasteiger partial charge in [-0.3, -0.25) is 0 Å². The smallest absolute Gasteiger partial charge is 0.355 e. The number of alkyl halides is 2. The molecule has 0 bridgehead atoms. The van der Waals surface area contributed by atoms with Crippen LogP contribution in [0.1, 0.15) is 25.7 Å². The number of thioether (sulfide) groups is 1. The molecule has 0 amide bonds. The molecule has 0 spiro atoms. The van der Waals surface area contributed by atoms with Crippen molar-refractivity contribution in [2.24, 2.45) is 0 Å². The second kappa shape index (κ2) is 10.1. The molecule has 0 aliphatic rings. The first-order valence-corrected chi connectivity index (χ1v) is 10.2. The minimum atomic E-state index is -3.14. The molecule has 0 saturated carbocycles. The molecule has 1 heterocycles. The van der Waals surface area contributed by atoms with E-state index in [4.69, 9.17) is 21.1 Å². The van der Waals surface area contributed by atoms with Crippen LogP contribution in [0, 0.1) is 12.7 Å². The van der Waals surface area contributed by atoms with Crippen LogP contribution in [-0.2, 0) is 9.53 Å². The van der Waals surface area contributed by atoms with Crippen molar-refractivity contribution < 1.29 is 27.4 Å². The summed E-state index contributed by atoms with van der Waals surface area (Å²) in [5.41, 5.74) is -1.68. The van der Waals surface area contributed by atoms with Crippen molar-refractivity contribution in [2.75, 3.05) is 18.6 Å². The number of carbonyl (C=O) groups is 1. The van der Waals surface area contributed by atoms with Crippen LogP contribution in [-0.4, -0.2) is 45.0 Å². The molecule has 1 unspecified atom stereocenters. The molecule has 0 fully saturated rings. The van der Waals surface area contributed by atoms with Gasteiger partial charge in [-0.25, -0.2) is 18.5 Å². The molecule has 1 atom stereocenters. The molecule has 7 nitrogen and oxygen atoms in total. The summed E-state index contributed by atoms with van der Waals surface area (Å²) in [7, 11) is 0. The molecule has 1 aromatic carbocycles. The van der Waals surface area contributed by atoms with Gasteiger partial charge in [-0.1, -0.05) is 11.6 Å². The molecule has 0 radical (unpaired) electrons. The van der Waals surface area contributed by atoms with E-state index in [-0.39, 0.29) is 27.8 Å². The fraction of sp³-hybridized carbons (Fsp3) is 0.471. The SMILES string of the molecule is CSCCCOC(=O)C(C)Oc1cc(-n2nc(C)n(C(F)F)c2=O)c(F)cc1Cl. The lowest BCUT2D eigenvalue weighted by atomic mass is 10.2. The summed E-state index contributed by atoms with van der Waals surface area (Å²) in [4.78, 5) is 24.1. The monoisotopic (exact) mass is 453 g/mol. The summed E-state index contributed by atoms with van der Waals surface area (Å²) in [6.45, 7) is -0.318. The van der Waals surface area contributed by atoms with Gasteiger partial charge in [-0.15, -0.1) is 5.10 Å². The van der Waals surface area contributed by atoms with Gasteiger partial charge in [0.25, 0.3) is 0 Å². The number of hydrogen-bond donors (Lipinski definition) is 0. The highest BCUT2D eigenvalue weighted by atomic mass is 35.5. The Morgan fingerprint density at radius 2 is 2.07 bits per heavy atom. The van der Waals surface area contributed by atoms with Crippen LogP contribution < -0.4 is 10.4 Å². The van der Waals surface area contributed by atoms with Crippen LogP contribution in [0.2, 0.25) is 5.02 Å². The molecule has 1 aromatic heterocycles. The van der Waals surface area contributed by atoms with Crippen LogP contribution in [0.4, 0.5) is 13.2 Å². The highest BCUT2D eigenvalue weighted by Crippen LogP contribution is 2.30. The zero-order valence-corrected chi connectivity index (χ0v) is 17.4. The molecule has 0 aliphatic carbocycles. The lowest BCUT2D eigenvalue weighted by Gasteiger charge is -2.16. The van der Waals surface area contributed by atoms with Gasteiger partial charge in [0.05, 0.1) is 11.6 Å². The van der Waals surface area contributed by atoms with Gasteiger partial charge >= 0.3 is 18.2 Å². The minimum Gasteiger partial charge on any atom is -0.477 e. The second-order valence-electron chi connectivity index (χ2n) is 5.90. The van der Waals surface area contributed by atoms with E-state index in [0.717, 1.165) is 17.9 Å². The first-order chi connectivity index (χ1) is 13.7. The van der Waals surface area contributed by atoms with Crippen LogP contribution in [0.3, 0.4) is 0 Å². The maximum atomic E-state index is 14.3. The number of aryl methyl sites for hydroxylation is 1. The summed E-state index contributed by atoms with van der Waals surface area (Å²) < 4.78 is 51.4. The number of esters is 1. The number of ether oxygens (including phenoxy) is 2. The van der Waals surface area contributed by atoms with Crippen LogP contribution >= 0.6 is 23.4 Å². The molecule has 2 aromatic rings. The number of aromatic nitrogens is 3. The van der Waals surface area contributed by atoms with E-state index in [1.807, 2.05) is 6.26 Å². The van der Waals surface area contributed by atoms with Crippen LogP contribution in [0.5, 0.6) is 5.75 Å². The van der Waals surface area contributed by atoms with Gasteiger partial charge in [0.15, 0.2) is 11.9 Å². The van der Waals surface area contributed by atoms with Crippen molar-refractivity contribution in [1.82, 2.24) is 14.3 Å². The summed E-state index contributed by atoms with van der Waals surface area (Å²) in [6.07, 6.45) is 1.53. The summed E-state index contributed by atoms with van der Waals surface area (Å²) >= 11 is 7.57. The standard InChI is InChI=1S/C17H19ClF3N3O4S/c1-9(15(25)27-5-4-6-29-3)28-14-8-13(12(19)7-11(14)18)24-17(26)23(16(20)21)10(2)22-24/h7-9,16H,4-6H2,1-3H3. The Kier molecular flexibility index (Phi) is 8.03. The number of benzene rings is 1. The lowest BCUT2D eigenvalue weighted by molar-refractivity contribution is -0.151. The van der Waals surface area contributed by atoms with Gasteiger partial charge < -0.3 is 9.47 Å². The summed E-state index contributed by atoms with van der Waals surface area (Å²) in [5.74, 6) is -1.23. The zero-order chi connectivity index (χ0) is 21.7. The van der Waals surface area contributed by atoms with Crippen molar-refractivity contribution in [3.63, 3.8) is 0 Å². The molecular weight excluding hydrogens is 435 g/mol. The van der Waals surface area contributed by atoms with Crippen molar-refractivity contribution in [3.05, 3.63) is 39.3 Å². The van der Waals surface area contributed by atoms with Crippen molar-refractivity contribution in [3.8, 4) is 11.4 Å². The topological polar surface area (TPSA) is 75.3 Å². The lowest BCUT2D eigenvalue weighted by Crippen LogP contribution is -2.27. The largest absolute Gasteiger partial charge is 0.477 e. The Morgan fingerprint density at radius 3 is 2.66 bits per heavy atom. The van der Waals surface area contributed by atoms with Gasteiger partial charge in [0.1, 0.15) is 17.3 Å². The Morgan fingerprint density at radius 1 is 1.38 bits per heavy atom. The van der Waals surface area contributed by atoms with E-state index in [1.165, 1.54) is 13.8 Å². The van der Waals surface area contributed by atoms with Gasteiger partial charge in [-0.05, 0) is 38.3 Å². The van der Waals surface area contributed by atoms with E-state index < -0.39 is 35.8 Å². The van der Waals surface area contributed by atoms with Crippen molar-refractivity contribution >= 4 is 29.3 Å². The molecule has 29 heavy (non-hydrogen) atoms. The molecular formula is C17H19ClF3N3O4S. The highest BCUT2D eigenvalue weighted by Gasteiger charge is 2.23. The van der Waals surface area contributed by atoms with Crippen molar-refractivity contribution in [2.45, 2.75) is 32.9 Å². The average molecular weight is 454 g/mol. The quantitative estimate of drug-likeness (QED) is 0.426. The third kappa shape index (κ3) is 5.47. The molecule has 160 valence electrons. The normalized spacial score (nSPS) is 12.3. The van der Waals surface area contributed by atoms with Crippen LogP contribution in [0.25, 0.3) is 5.69 Å². The van der Waals surface area contributed by atoms with Gasteiger partial charge in [0, 0.05) is 6.07 Å². The predicted octanol–water partition coefficient (Wildman–Crippen LogP) is 3.59. The van der Waals surface area contributed by atoms with Crippen LogP contribution in [0.15, 0.2) is 16.9 Å². The van der Waals surface area contributed by atoms with Gasteiger partial charge in [0.2, 0.25) is 0 Å². The van der Waals surface area contributed by atoms with E-state index >= 15 is 0 Å². The minimum absolute atomic E-state index is 0.114. The van der Waals surface area contributed by atoms with Crippen molar-refractivity contribution in [1.29, 1.82) is 0 Å². The van der Waals surface area contributed by atoms with Gasteiger partial charge in [-0.2, -0.15) is 25.2 Å². The van der Waals surface area contributed by atoms with E-state index in [9.17, 15) is 22.8 Å². The summed E-state index contributed by atoms with van der Waals surface area (Å²) in [5, 5.41) is 3.49. The first kappa shape index (κ1) is 23.1. The molecule has 0 N–H and O–H groups in total. The second-order valence-corrected chi connectivity index (χ2v) is 7.29. The Balaban J connectivity index is 2.27. The first-order valence-electron chi connectivity index (χ1n) is 8.45. The Bertz CT molecular complexity index is 935. The summed E-state index contributed by atoms with van der Waals surface area (Å²) in [6, 6.07) is 1.85. The Labute approximate surface area is 173 Å². The number of nitrogens with zero attached hydrogens (tertiary/aromatic N) is 3. The maximum absolute atomic E-state index is 14.3. The number of halogens is 4. The highest BCUT2D eigenvalue weighted by molar-refractivity contribution is 7.98. The number of rotatable bonds is 9. The fourth-order valence-electron chi connectivity index (χ4n) is 2.36. The molecule has 12 heteroatoms. The van der Waals surface area contributed by atoms with E-state index in [1.54, 1.807) is 11.8 Å². The fourth-order valence-corrected chi connectivity index (χ4v) is 2.96. The maximum Gasteiger partial charge on any atom is 0.355 e. The van der Waals surface area contributed by atoms with E-state index in [0.29, 0.717) is 11.1 Å². The predicted molar refractivity (Wildman–Crippen MR) is 103 cm³/mol. The molecule has 0 saturated heterocycles.